The van der Waals surface area contributed by atoms with Crippen LogP contribution >= 0.6 is 12.2 Å². The Morgan fingerprint density at radius 1 is 1.15 bits per heavy atom. The molecule has 0 radical (unpaired) electrons. The first kappa shape index (κ1) is 17.1. The number of nitrogens with one attached hydrogen (secondary N) is 1. The molecule has 1 aromatic heterocycles. The van der Waals surface area contributed by atoms with Crippen LogP contribution in [0.1, 0.15) is 5.56 Å². The van der Waals surface area contributed by atoms with Gasteiger partial charge in [-0.2, -0.15) is 0 Å². The largest absolute Gasteiger partial charge is 0.344 e. The second kappa shape index (κ2) is 7.11. The molecule has 0 spiro atoms. The van der Waals surface area contributed by atoms with Crippen LogP contribution in [0.25, 0.3) is 0 Å². The number of carbonyl (C=O) groups excluding carboxylic acids is 1. The summed E-state index contributed by atoms with van der Waals surface area (Å²) in [7, 11) is 2.11. The van der Waals surface area contributed by atoms with E-state index in [9.17, 15) is 4.79 Å². The zero-order chi connectivity index (χ0) is 18.1. The lowest BCUT2D eigenvalue weighted by molar-refractivity contribution is -0.119. The minimum absolute atomic E-state index is 0.00783. The highest BCUT2D eigenvalue weighted by molar-refractivity contribution is 7.81. The van der Waals surface area contributed by atoms with Gasteiger partial charge in [-0.1, -0.05) is 24.4 Å². The third-order valence-electron chi connectivity index (χ3n) is 4.84. The first-order valence-electron chi connectivity index (χ1n) is 8.73. The second-order valence-corrected chi connectivity index (χ2v) is 7.06. The van der Waals surface area contributed by atoms with Crippen LogP contribution in [0.3, 0.4) is 0 Å². The first-order valence-corrected chi connectivity index (χ1v) is 9.13. The highest BCUT2D eigenvalue weighted by Gasteiger charge is 2.30. The Balaban J connectivity index is 1.71. The Hall–Kier alpha value is -2.35. The van der Waals surface area contributed by atoms with Crippen molar-refractivity contribution < 1.29 is 4.79 Å². The summed E-state index contributed by atoms with van der Waals surface area (Å²) in [6.07, 6.45) is 1.70. The van der Waals surface area contributed by atoms with E-state index in [2.05, 4.69) is 27.1 Å². The zero-order valence-corrected chi connectivity index (χ0v) is 15.5. The van der Waals surface area contributed by atoms with E-state index in [1.54, 1.807) is 11.1 Å². The molecule has 0 atom stereocenters. The molecule has 4 rings (SSSR count). The van der Waals surface area contributed by atoms with Gasteiger partial charge < -0.3 is 10.2 Å². The summed E-state index contributed by atoms with van der Waals surface area (Å²) in [6.45, 7) is 4.10. The van der Waals surface area contributed by atoms with E-state index in [1.165, 1.54) is 0 Å². The summed E-state index contributed by atoms with van der Waals surface area (Å²) in [5, 5.41) is 3.25. The molecule has 1 fully saturated rings. The SMILES string of the molecule is CN1CCN(CC(=O)N2c3ccccc3NC(=S)c3cccnc32)CC1. The van der Waals surface area contributed by atoms with Crippen LogP contribution in [-0.4, -0.2) is 65.5 Å². The fourth-order valence-corrected chi connectivity index (χ4v) is 3.62. The van der Waals surface area contributed by atoms with Crippen molar-refractivity contribution in [3.8, 4) is 0 Å². The number of amides is 1. The number of thiocarbonyl (C=S) groups is 1. The van der Waals surface area contributed by atoms with Crippen molar-refractivity contribution in [2.45, 2.75) is 0 Å². The van der Waals surface area contributed by atoms with Crippen molar-refractivity contribution in [3.63, 3.8) is 0 Å². The van der Waals surface area contributed by atoms with Crippen LogP contribution in [0.15, 0.2) is 42.6 Å². The number of nitrogens with zero attached hydrogens (tertiary/aromatic N) is 4. The average Bonchev–Trinajstić information content (AvgIpc) is 2.77. The normalized spacial score (nSPS) is 17.9. The topological polar surface area (TPSA) is 51.7 Å². The number of aromatic nitrogens is 1. The third-order valence-corrected chi connectivity index (χ3v) is 5.16. The van der Waals surface area contributed by atoms with Crippen LogP contribution in [0.2, 0.25) is 0 Å². The predicted molar refractivity (Wildman–Crippen MR) is 107 cm³/mol. The number of rotatable bonds is 2. The molecule has 2 aromatic rings. The maximum Gasteiger partial charge on any atom is 0.246 e. The van der Waals surface area contributed by atoms with E-state index in [0.717, 1.165) is 43.1 Å². The number of hydrogen-bond acceptors (Lipinski definition) is 5. The van der Waals surface area contributed by atoms with Gasteiger partial charge in [-0.25, -0.2) is 4.98 Å². The van der Waals surface area contributed by atoms with Crippen LogP contribution in [0, 0.1) is 0 Å². The molecule has 1 amide bonds. The summed E-state index contributed by atoms with van der Waals surface area (Å²) in [4.78, 5) is 24.5. The Morgan fingerprint density at radius 2 is 1.92 bits per heavy atom. The van der Waals surface area contributed by atoms with E-state index in [0.29, 0.717) is 17.4 Å². The van der Waals surface area contributed by atoms with Gasteiger partial charge in [0, 0.05) is 32.4 Å². The molecule has 26 heavy (non-hydrogen) atoms. The van der Waals surface area contributed by atoms with Crippen molar-refractivity contribution in [2.75, 3.05) is 50.0 Å². The molecule has 1 N–H and O–H groups in total. The number of likely N-dealkylation sites (N-methyl/N-ethyl adjacent to an activating group) is 1. The van der Waals surface area contributed by atoms with E-state index in [-0.39, 0.29) is 5.91 Å². The third kappa shape index (κ3) is 3.21. The molecule has 0 unspecified atom stereocenters. The fraction of sp³-hybridized carbons (Fsp3) is 0.316. The number of benzene rings is 1. The summed E-state index contributed by atoms with van der Waals surface area (Å²) in [6, 6.07) is 11.5. The van der Waals surface area contributed by atoms with Gasteiger partial charge in [0.15, 0.2) is 0 Å². The maximum absolute atomic E-state index is 13.3. The van der Waals surface area contributed by atoms with Crippen molar-refractivity contribution >= 4 is 40.3 Å². The van der Waals surface area contributed by atoms with Crippen molar-refractivity contribution in [3.05, 3.63) is 48.2 Å². The fourth-order valence-electron chi connectivity index (χ4n) is 3.35. The van der Waals surface area contributed by atoms with Gasteiger partial charge in [-0.3, -0.25) is 14.6 Å². The Bertz CT molecular complexity index is 847. The average molecular weight is 367 g/mol. The van der Waals surface area contributed by atoms with Gasteiger partial charge in [0.25, 0.3) is 0 Å². The van der Waals surface area contributed by atoms with Gasteiger partial charge in [-0.05, 0) is 31.3 Å². The summed E-state index contributed by atoms with van der Waals surface area (Å²) in [5.41, 5.74) is 2.37. The number of piperazine rings is 1. The molecule has 3 heterocycles. The minimum atomic E-state index is 0.00783. The van der Waals surface area contributed by atoms with Crippen LogP contribution in [0.4, 0.5) is 17.2 Å². The lowest BCUT2D eigenvalue weighted by Gasteiger charge is -2.33. The van der Waals surface area contributed by atoms with E-state index in [4.69, 9.17) is 12.2 Å². The lowest BCUT2D eigenvalue weighted by Crippen LogP contribution is -2.48. The Kier molecular flexibility index (Phi) is 4.67. The highest BCUT2D eigenvalue weighted by atomic mass is 32.1. The molecule has 2 aliphatic rings. The van der Waals surface area contributed by atoms with Crippen molar-refractivity contribution in [2.24, 2.45) is 0 Å². The molecule has 0 bridgehead atoms. The van der Waals surface area contributed by atoms with Gasteiger partial charge in [0.05, 0.1) is 23.5 Å². The number of fused-ring (bicyclic) bond motifs is 2. The monoisotopic (exact) mass is 367 g/mol. The molecule has 1 saturated heterocycles. The first-order chi connectivity index (χ1) is 12.6. The quantitative estimate of drug-likeness (QED) is 0.821. The van der Waals surface area contributed by atoms with E-state index >= 15 is 0 Å². The molecule has 2 aliphatic heterocycles. The number of carbonyl (C=O) groups is 1. The van der Waals surface area contributed by atoms with Crippen molar-refractivity contribution in [1.29, 1.82) is 0 Å². The molecule has 7 heteroatoms. The number of hydrogen-bond donors (Lipinski definition) is 1. The van der Waals surface area contributed by atoms with Crippen LogP contribution < -0.4 is 10.2 Å². The van der Waals surface area contributed by atoms with Gasteiger partial charge in [-0.15, -0.1) is 0 Å². The van der Waals surface area contributed by atoms with E-state index < -0.39 is 0 Å². The molecule has 6 nitrogen and oxygen atoms in total. The summed E-state index contributed by atoms with van der Waals surface area (Å²) in [5.74, 6) is 0.600. The van der Waals surface area contributed by atoms with Crippen LogP contribution in [-0.2, 0) is 4.79 Å². The maximum atomic E-state index is 13.3. The predicted octanol–water partition coefficient (Wildman–Crippen LogP) is 2.09. The molecular formula is C19H21N5OS. The zero-order valence-electron chi connectivity index (χ0n) is 14.7. The number of para-hydroxylation sites is 2. The summed E-state index contributed by atoms with van der Waals surface area (Å²) < 4.78 is 0. The van der Waals surface area contributed by atoms with Gasteiger partial charge in [0.1, 0.15) is 10.8 Å². The Morgan fingerprint density at radius 3 is 2.73 bits per heavy atom. The summed E-state index contributed by atoms with van der Waals surface area (Å²) >= 11 is 5.53. The second-order valence-electron chi connectivity index (χ2n) is 6.65. The van der Waals surface area contributed by atoms with E-state index in [1.807, 2.05) is 36.4 Å². The molecule has 0 saturated carbocycles. The molecule has 1 aromatic carbocycles. The number of anilines is 3. The van der Waals surface area contributed by atoms with Crippen molar-refractivity contribution in [1.82, 2.24) is 14.8 Å². The van der Waals surface area contributed by atoms with Crippen LogP contribution in [0.5, 0.6) is 0 Å². The lowest BCUT2D eigenvalue weighted by atomic mass is 10.2. The smallest absolute Gasteiger partial charge is 0.246 e. The highest BCUT2D eigenvalue weighted by Crippen LogP contribution is 2.36. The molecule has 134 valence electrons. The number of pyridine rings is 1. The molecule has 0 aliphatic carbocycles. The Labute approximate surface area is 158 Å². The standard InChI is InChI=1S/C19H21N5OS/c1-22-9-11-23(12-10-22)13-17(25)24-16-7-3-2-6-15(16)21-19(26)14-5-4-8-20-18(14)24/h2-8H,9-13H2,1H3,(H,21,26). The molecular weight excluding hydrogens is 346 g/mol. The minimum Gasteiger partial charge on any atom is -0.344 e. The van der Waals surface area contributed by atoms with Gasteiger partial charge >= 0.3 is 0 Å². The van der Waals surface area contributed by atoms with Gasteiger partial charge in [0.2, 0.25) is 5.91 Å².